The van der Waals surface area contributed by atoms with E-state index in [-0.39, 0.29) is 5.54 Å². The maximum atomic E-state index is 5.80. The van der Waals surface area contributed by atoms with Crippen LogP contribution < -0.4 is 0 Å². The summed E-state index contributed by atoms with van der Waals surface area (Å²) in [6.07, 6.45) is 4.16. The van der Waals surface area contributed by atoms with Crippen LogP contribution in [0.1, 0.15) is 18.5 Å². The highest BCUT2D eigenvalue weighted by molar-refractivity contribution is 5.01. The lowest BCUT2D eigenvalue weighted by molar-refractivity contribution is -0.101. The predicted octanol–water partition coefficient (Wildman–Crippen LogP) is 0.723. The average molecular weight is 294 g/mol. The van der Waals surface area contributed by atoms with Crippen molar-refractivity contribution in [1.29, 1.82) is 0 Å². The number of hydrogen-bond acceptors (Lipinski definition) is 5. The normalized spacial score (nSPS) is 23.7. The number of nitrogens with one attached hydrogen (secondary N) is 1. The first-order chi connectivity index (χ1) is 10.3. The van der Waals surface area contributed by atoms with E-state index in [1.54, 1.807) is 7.11 Å². The van der Waals surface area contributed by atoms with Gasteiger partial charge in [0.25, 0.3) is 0 Å². The molecule has 0 saturated carbocycles. The summed E-state index contributed by atoms with van der Waals surface area (Å²) < 4.78 is 11.1. The van der Waals surface area contributed by atoms with Gasteiger partial charge in [0.2, 0.25) is 0 Å². The summed E-state index contributed by atoms with van der Waals surface area (Å²) in [7, 11) is 1.78. The summed E-state index contributed by atoms with van der Waals surface area (Å²) in [5, 5.41) is 7.07. The summed E-state index contributed by atoms with van der Waals surface area (Å²) >= 11 is 0. The van der Waals surface area contributed by atoms with Crippen molar-refractivity contribution in [3.63, 3.8) is 0 Å². The van der Waals surface area contributed by atoms with Gasteiger partial charge in [0, 0.05) is 57.3 Å². The van der Waals surface area contributed by atoms with Gasteiger partial charge in [-0.15, -0.1) is 0 Å². The van der Waals surface area contributed by atoms with Crippen molar-refractivity contribution in [2.24, 2.45) is 0 Å². The molecule has 1 N–H and O–H groups in total. The lowest BCUT2D eigenvalue weighted by atomic mass is 9.85. The SMILES string of the molecule is COCCN1CCOCC12CCN(Cc1ccn[nH]1)CC2. The molecule has 1 aromatic heterocycles. The molecule has 2 aliphatic heterocycles. The molecule has 3 rings (SSSR count). The minimum absolute atomic E-state index is 0.223. The van der Waals surface area contributed by atoms with Gasteiger partial charge in [-0.1, -0.05) is 0 Å². The fraction of sp³-hybridized carbons (Fsp3) is 0.800. The third-order valence-corrected chi connectivity index (χ3v) is 4.85. The Morgan fingerprint density at radius 3 is 2.95 bits per heavy atom. The highest BCUT2D eigenvalue weighted by Gasteiger charge is 2.41. The van der Waals surface area contributed by atoms with E-state index in [4.69, 9.17) is 9.47 Å². The number of nitrogens with zero attached hydrogens (tertiary/aromatic N) is 3. The van der Waals surface area contributed by atoms with Gasteiger partial charge in [-0.2, -0.15) is 5.10 Å². The highest BCUT2D eigenvalue weighted by atomic mass is 16.5. The number of rotatable bonds is 5. The fourth-order valence-corrected chi connectivity index (χ4v) is 3.52. The van der Waals surface area contributed by atoms with Crippen LogP contribution in [0.25, 0.3) is 0 Å². The van der Waals surface area contributed by atoms with Crippen molar-refractivity contribution in [2.45, 2.75) is 24.9 Å². The maximum Gasteiger partial charge on any atom is 0.0652 e. The van der Waals surface area contributed by atoms with Gasteiger partial charge in [-0.25, -0.2) is 0 Å². The number of ether oxygens (including phenoxy) is 2. The number of morpholine rings is 1. The molecular weight excluding hydrogens is 268 g/mol. The Kier molecular flexibility index (Phi) is 4.90. The molecule has 0 radical (unpaired) electrons. The lowest BCUT2D eigenvalue weighted by Crippen LogP contribution is -2.61. The number of piperidine rings is 1. The van der Waals surface area contributed by atoms with Crippen molar-refractivity contribution in [3.8, 4) is 0 Å². The molecule has 118 valence electrons. The Labute approximate surface area is 126 Å². The van der Waals surface area contributed by atoms with Crippen molar-refractivity contribution >= 4 is 0 Å². The molecule has 0 bridgehead atoms. The Bertz CT molecular complexity index is 415. The molecular formula is C15H26N4O2. The first-order valence-corrected chi connectivity index (χ1v) is 7.85. The Hall–Kier alpha value is -0.950. The van der Waals surface area contributed by atoms with Crippen LogP contribution in [-0.2, 0) is 16.0 Å². The van der Waals surface area contributed by atoms with Crippen LogP contribution in [0.3, 0.4) is 0 Å². The molecule has 0 aliphatic carbocycles. The van der Waals surface area contributed by atoms with E-state index in [1.165, 1.54) is 18.5 Å². The number of H-pyrrole nitrogens is 1. The van der Waals surface area contributed by atoms with Crippen LogP contribution in [0, 0.1) is 0 Å². The van der Waals surface area contributed by atoms with E-state index in [0.717, 1.165) is 52.5 Å². The molecule has 0 aromatic carbocycles. The zero-order valence-corrected chi connectivity index (χ0v) is 12.9. The molecule has 21 heavy (non-hydrogen) atoms. The van der Waals surface area contributed by atoms with E-state index in [1.807, 2.05) is 6.20 Å². The van der Waals surface area contributed by atoms with Crippen LogP contribution in [0.2, 0.25) is 0 Å². The van der Waals surface area contributed by atoms with E-state index >= 15 is 0 Å². The molecule has 1 aromatic rings. The third-order valence-electron chi connectivity index (χ3n) is 4.85. The van der Waals surface area contributed by atoms with E-state index < -0.39 is 0 Å². The molecule has 6 heteroatoms. The van der Waals surface area contributed by atoms with Gasteiger partial charge in [-0.05, 0) is 18.9 Å². The Balaban J connectivity index is 1.56. The summed E-state index contributed by atoms with van der Waals surface area (Å²) in [6.45, 7) is 7.77. The third kappa shape index (κ3) is 3.45. The zero-order chi connectivity index (χ0) is 14.5. The zero-order valence-electron chi connectivity index (χ0n) is 12.9. The first-order valence-electron chi connectivity index (χ1n) is 7.85. The first kappa shape index (κ1) is 15.0. The Morgan fingerprint density at radius 2 is 2.24 bits per heavy atom. The minimum Gasteiger partial charge on any atom is -0.383 e. The van der Waals surface area contributed by atoms with Gasteiger partial charge in [-0.3, -0.25) is 14.9 Å². The largest absolute Gasteiger partial charge is 0.383 e. The number of methoxy groups -OCH3 is 1. The molecule has 0 unspecified atom stereocenters. The molecule has 2 saturated heterocycles. The van der Waals surface area contributed by atoms with E-state index in [9.17, 15) is 0 Å². The van der Waals surface area contributed by atoms with Crippen LogP contribution in [0.15, 0.2) is 12.3 Å². The average Bonchev–Trinajstić information content (AvgIpc) is 3.02. The van der Waals surface area contributed by atoms with Gasteiger partial charge < -0.3 is 9.47 Å². The van der Waals surface area contributed by atoms with Crippen molar-refractivity contribution in [2.75, 3.05) is 53.1 Å². The molecule has 1 spiro atoms. The summed E-state index contributed by atoms with van der Waals surface area (Å²) in [5.74, 6) is 0. The standard InChI is InChI=1S/C15H26N4O2/c1-20-10-8-19-9-11-21-13-15(19)3-6-18(7-4-15)12-14-2-5-16-17-14/h2,5H,3-4,6-13H2,1H3,(H,16,17). The molecule has 2 aliphatic rings. The number of likely N-dealkylation sites (tertiary alicyclic amines) is 1. The van der Waals surface area contributed by atoms with Crippen LogP contribution >= 0.6 is 0 Å². The molecule has 0 atom stereocenters. The van der Waals surface area contributed by atoms with Crippen molar-refractivity contribution in [3.05, 3.63) is 18.0 Å². The fourth-order valence-electron chi connectivity index (χ4n) is 3.52. The topological polar surface area (TPSA) is 53.6 Å². The highest BCUT2D eigenvalue weighted by Crippen LogP contribution is 2.32. The summed E-state index contributed by atoms with van der Waals surface area (Å²) in [4.78, 5) is 5.09. The predicted molar refractivity (Wildman–Crippen MR) is 80.1 cm³/mol. The quantitative estimate of drug-likeness (QED) is 0.867. The number of aromatic amines is 1. The van der Waals surface area contributed by atoms with Gasteiger partial charge in [0.1, 0.15) is 0 Å². The van der Waals surface area contributed by atoms with E-state index in [2.05, 4.69) is 26.1 Å². The number of aromatic nitrogens is 2. The van der Waals surface area contributed by atoms with E-state index in [0.29, 0.717) is 0 Å². The molecule has 0 amide bonds. The second-order valence-corrected chi connectivity index (χ2v) is 6.11. The lowest BCUT2D eigenvalue weighted by Gasteiger charge is -2.51. The Morgan fingerprint density at radius 1 is 1.38 bits per heavy atom. The minimum atomic E-state index is 0.223. The molecule has 6 nitrogen and oxygen atoms in total. The maximum absolute atomic E-state index is 5.80. The summed E-state index contributed by atoms with van der Waals surface area (Å²) in [5.41, 5.74) is 1.42. The smallest absolute Gasteiger partial charge is 0.0652 e. The van der Waals surface area contributed by atoms with Gasteiger partial charge in [0.05, 0.1) is 19.8 Å². The van der Waals surface area contributed by atoms with Gasteiger partial charge in [0.15, 0.2) is 0 Å². The monoisotopic (exact) mass is 294 g/mol. The van der Waals surface area contributed by atoms with Gasteiger partial charge >= 0.3 is 0 Å². The second-order valence-electron chi connectivity index (χ2n) is 6.11. The van der Waals surface area contributed by atoms with Crippen molar-refractivity contribution in [1.82, 2.24) is 20.0 Å². The number of hydrogen-bond donors (Lipinski definition) is 1. The van der Waals surface area contributed by atoms with Crippen LogP contribution in [0.4, 0.5) is 0 Å². The van der Waals surface area contributed by atoms with Crippen molar-refractivity contribution < 1.29 is 9.47 Å². The second kappa shape index (κ2) is 6.87. The molecule has 3 heterocycles. The van der Waals surface area contributed by atoms with Crippen LogP contribution in [0.5, 0.6) is 0 Å². The van der Waals surface area contributed by atoms with Crippen LogP contribution in [-0.4, -0.2) is 78.6 Å². The molecule has 2 fully saturated rings. The summed E-state index contributed by atoms with van der Waals surface area (Å²) in [6, 6.07) is 2.05.